The molecule has 1 saturated heterocycles. The van der Waals surface area contributed by atoms with Crippen molar-refractivity contribution in [3.8, 4) is 23.4 Å². The van der Waals surface area contributed by atoms with Crippen LogP contribution in [0.5, 0.6) is 17.4 Å². The molecule has 0 saturated carbocycles. The molecule has 0 bridgehead atoms. The number of amides is 1. The maximum Gasteiger partial charge on any atom is 0.267 e. The first kappa shape index (κ1) is 17.1. The van der Waals surface area contributed by atoms with Crippen LogP contribution in [0, 0.1) is 11.3 Å². The average molecular weight is 366 g/mol. The lowest BCUT2D eigenvalue weighted by Gasteiger charge is -2.33. The number of ether oxygens (including phenoxy) is 3. The molecule has 27 heavy (non-hydrogen) atoms. The zero-order valence-electron chi connectivity index (χ0n) is 14.7. The van der Waals surface area contributed by atoms with Crippen LogP contribution >= 0.6 is 0 Å². The maximum atomic E-state index is 12.9. The largest absolute Gasteiger partial charge is 0.482 e. The number of nitrogens with zero attached hydrogens (tertiary/aromatic N) is 4. The van der Waals surface area contributed by atoms with Crippen molar-refractivity contribution in [2.45, 2.75) is 31.7 Å². The molecule has 0 aliphatic carbocycles. The van der Waals surface area contributed by atoms with Gasteiger partial charge in [-0.2, -0.15) is 5.26 Å². The third-order valence-electron chi connectivity index (χ3n) is 4.59. The molecule has 2 aromatic rings. The van der Waals surface area contributed by atoms with E-state index in [4.69, 9.17) is 19.5 Å². The van der Waals surface area contributed by atoms with Gasteiger partial charge in [-0.05, 0) is 19.1 Å². The van der Waals surface area contributed by atoms with Crippen LogP contribution in [0.15, 0.2) is 36.7 Å². The molecule has 3 atom stereocenters. The van der Waals surface area contributed by atoms with Gasteiger partial charge in [-0.1, -0.05) is 12.1 Å². The number of benzene rings is 1. The normalized spacial score (nSPS) is 23.6. The lowest BCUT2D eigenvalue weighted by atomic mass is 10.1. The molecule has 8 heteroatoms. The van der Waals surface area contributed by atoms with Crippen molar-refractivity contribution >= 4 is 5.91 Å². The molecule has 4 rings (SSSR count). The first-order valence-corrected chi connectivity index (χ1v) is 8.74. The van der Waals surface area contributed by atoms with Crippen molar-refractivity contribution in [2.75, 3.05) is 13.1 Å². The fourth-order valence-electron chi connectivity index (χ4n) is 3.24. The Morgan fingerprint density at radius 3 is 2.78 bits per heavy atom. The highest BCUT2D eigenvalue weighted by molar-refractivity contribution is 5.82. The van der Waals surface area contributed by atoms with Gasteiger partial charge in [0.15, 0.2) is 11.5 Å². The second-order valence-corrected chi connectivity index (χ2v) is 6.44. The van der Waals surface area contributed by atoms with Gasteiger partial charge < -0.3 is 19.1 Å². The van der Waals surface area contributed by atoms with Gasteiger partial charge in [0, 0.05) is 25.4 Å². The number of carbonyl (C=O) groups excluding carboxylic acids is 1. The van der Waals surface area contributed by atoms with Gasteiger partial charge in [-0.25, -0.2) is 9.97 Å². The van der Waals surface area contributed by atoms with Crippen LogP contribution in [0.3, 0.4) is 0 Å². The molecule has 8 nitrogen and oxygen atoms in total. The number of likely N-dealkylation sites (tertiary alicyclic amines) is 1. The monoisotopic (exact) mass is 366 g/mol. The average Bonchev–Trinajstić information content (AvgIpc) is 3.16. The fraction of sp³-hybridized carbons (Fsp3) is 0.368. The zero-order chi connectivity index (χ0) is 18.8. The summed E-state index contributed by atoms with van der Waals surface area (Å²) >= 11 is 0. The number of para-hydroxylation sites is 2. The van der Waals surface area contributed by atoms with Crippen molar-refractivity contribution in [1.29, 1.82) is 5.26 Å². The van der Waals surface area contributed by atoms with Gasteiger partial charge in [0.25, 0.3) is 11.8 Å². The van der Waals surface area contributed by atoms with Gasteiger partial charge in [-0.3, -0.25) is 4.79 Å². The van der Waals surface area contributed by atoms with E-state index < -0.39 is 12.2 Å². The number of fused-ring (bicyclic) bond motifs is 1. The minimum absolute atomic E-state index is 0.136. The van der Waals surface area contributed by atoms with E-state index in [0.29, 0.717) is 31.0 Å². The molecule has 138 valence electrons. The van der Waals surface area contributed by atoms with Gasteiger partial charge in [0.05, 0.1) is 6.54 Å². The summed E-state index contributed by atoms with van der Waals surface area (Å²) < 4.78 is 17.5. The van der Waals surface area contributed by atoms with Gasteiger partial charge in [-0.15, -0.1) is 0 Å². The van der Waals surface area contributed by atoms with E-state index in [9.17, 15) is 4.79 Å². The van der Waals surface area contributed by atoms with E-state index >= 15 is 0 Å². The second-order valence-electron chi connectivity index (χ2n) is 6.44. The lowest BCUT2D eigenvalue weighted by molar-refractivity contribution is -0.143. The molecule has 2 aliphatic rings. The Morgan fingerprint density at radius 1 is 1.26 bits per heavy atom. The summed E-state index contributed by atoms with van der Waals surface area (Å²) in [4.78, 5) is 22.6. The highest BCUT2D eigenvalue weighted by atomic mass is 16.6. The number of rotatable bonds is 3. The molecular weight excluding hydrogens is 348 g/mol. The summed E-state index contributed by atoms with van der Waals surface area (Å²) in [5, 5.41) is 9.08. The molecule has 0 radical (unpaired) electrons. The number of aromatic nitrogens is 2. The van der Waals surface area contributed by atoms with Crippen molar-refractivity contribution in [3.63, 3.8) is 0 Å². The van der Waals surface area contributed by atoms with Gasteiger partial charge in [0.2, 0.25) is 11.8 Å². The predicted octanol–water partition coefficient (Wildman–Crippen LogP) is 1.56. The zero-order valence-corrected chi connectivity index (χ0v) is 14.7. The molecular formula is C19H18N4O4. The lowest BCUT2D eigenvalue weighted by Crippen LogP contribution is -2.50. The number of nitriles is 1. The Bertz CT molecular complexity index is 897. The summed E-state index contributed by atoms with van der Waals surface area (Å²) in [5.41, 5.74) is 0.136. The fourth-order valence-corrected chi connectivity index (χ4v) is 3.24. The van der Waals surface area contributed by atoms with E-state index in [1.807, 2.05) is 31.2 Å². The van der Waals surface area contributed by atoms with Gasteiger partial charge in [0.1, 0.15) is 18.3 Å². The molecule has 0 spiro atoms. The Labute approximate surface area is 156 Å². The third-order valence-corrected chi connectivity index (χ3v) is 4.59. The van der Waals surface area contributed by atoms with E-state index in [2.05, 4.69) is 9.97 Å². The van der Waals surface area contributed by atoms with Crippen LogP contribution in [-0.2, 0) is 4.79 Å². The summed E-state index contributed by atoms with van der Waals surface area (Å²) in [7, 11) is 0. The van der Waals surface area contributed by atoms with Crippen LogP contribution in [0.4, 0.5) is 0 Å². The van der Waals surface area contributed by atoms with Crippen LogP contribution in [-0.4, -0.2) is 52.2 Å². The predicted molar refractivity (Wildman–Crippen MR) is 93.3 cm³/mol. The summed E-state index contributed by atoms with van der Waals surface area (Å²) in [5.74, 6) is 1.27. The molecule has 1 fully saturated rings. The number of hydrogen-bond donors (Lipinski definition) is 0. The van der Waals surface area contributed by atoms with Crippen LogP contribution in [0.1, 0.15) is 19.0 Å². The quantitative estimate of drug-likeness (QED) is 0.813. The smallest absolute Gasteiger partial charge is 0.267 e. The molecule has 0 unspecified atom stereocenters. The van der Waals surface area contributed by atoms with Gasteiger partial charge >= 0.3 is 0 Å². The highest BCUT2D eigenvalue weighted by Crippen LogP contribution is 2.34. The first-order chi connectivity index (χ1) is 13.2. The van der Waals surface area contributed by atoms with E-state index in [1.165, 1.54) is 12.4 Å². The summed E-state index contributed by atoms with van der Waals surface area (Å²) in [6.45, 7) is 2.76. The number of hydrogen-bond acceptors (Lipinski definition) is 7. The van der Waals surface area contributed by atoms with Crippen molar-refractivity contribution in [2.24, 2.45) is 0 Å². The Kier molecular flexibility index (Phi) is 4.50. The van der Waals surface area contributed by atoms with E-state index in [0.717, 1.165) is 0 Å². The van der Waals surface area contributed by atoms with Crippen LogP contribution < -0.4 is 14.2 Å². The SMILES string of the molecule is C[C@@H]1Oc2ccccc2O[C@H]1C(=O)N1CC[C@H](Oc2nccnc2C#N)C1. The molecule has 0 N–H and O–H groups in total. The maximum absolute atomic E-state index is 12.9. The third kappa shape index (κ3) is 3.36. The van der Waals surface area contributed by atoms with E-state index in [-0.39, 0.29) is 23.6 Å². The molecule has 2 aliphatic heterocycles. The molecule has 1 aromatic heterocycles. The highest BCUT2D eigenvalue weighted by Gasteiger charge is 2.39. The topological polar surface area (TPSA) is 97.6 Å². The summed E-state index contributed by atoms with van der Waals surface area (Å²) in [6, 6.07) is 9.26. The minimum Gasteiger partial charge on any atom is -0.482 e. The Balaban J connectivity index is 1.42. The Hall–Kier alpha value is -3.34. The molecule has 1 aromatic carbocycles. The first-order valence-electron chi connectivity index (χ1n) is 8.74. The van der Waals surface area contributed by atoms with Crippen molar-refractivity contribution in [3.05, 3.63) is 42.4 Å². The minimum atomic E-state index is -0.704. The standard InChI is InChI=1S/C19H18N4O4/c1-12-17(27-16-5-3-2-4-15(16)25-12)19(24)23-9-6-13(11-23)26-18-14(10-20)21-7-8-22-18/h2-5,7-8,12-13,17H,6,9,11H2,1H3/t12-,13-,17+/m0/s1. The molecule has 1 amide bonds. The van der Waals surface area contributed by atoms with Crippen molar-refractivity contribution in [1.82, 2.24) is 14.9 Å². The van der Waals surface area contributed by atoms with Crippen molar-refractivity contribution < 1.29 is 19.0 Å². The Morgan fingerprint density at radius 2 is 2.00 bits per heavy atom. The molecule has 3 heterocycles. The van der Waals surface area contributed by atoms with Crippen LogP contribution in [0.25, 0.3) is 0 Å². The number of carbonyl (C=O) groups is 1. The summed E-state index contributed by atoms with van der Waals surface area (Å²) in [6.07, 6.45) is 2.22. The van der Waals surface area contributed by atoms with Crippen LogP contribution in [0.2, 0.25) is 0 Å². The van der Waals surface area contributed by atoms with E-state index in [1.54, 1.807) is 11.0 Å². The second kappa shape index (κ2) is 7.11.